The fourth-order valence-corrected chi connectivity index (χ4v) is 2.25. The molecule has 0 amide bonds. The summed E-state index contributed by atoms with van der Waals surface area (Å²) in [6, 6.07) is 2.40. The molecule has 0 aromatic carbocycles. The molecule has 1 saturated heterocycles. The van der Waals surface area contributed by atoms with E-state index in [0.717, 1.165) is 63.3 Å². The molecule has 21 heavy (non-hydrogen) atoms. The summed E-state index contributed by atoms with van der Waals surface area (Å²) < 4.78 is 5.35. The van der Waals surface area contributed by atoms with Crippen LogP contribution < -0.4 is 10.6 Å². The van der Waals surface area contributed by atoms with Crippen molar-refractivity contribution < 1.29 is 4.74 Å². The molecule has 6 nitrogen and oxygen atoms in total. The van der Waals surface area contributed by atoms with Crippen molar-refractivity contribution in [3.63, 3.8) is 0 Å². The second kappa shape index (κ2) is 8.14. The van der Waals surface area contributed by atoms with Crippen molar-refractivity contribution in [2.45, 2.75) is 33.2 Å². The zero-order valence-corrected chi connectivity index (χ0v) is 13.4. The predicted molar refractivity (Wildman–Crippen MR) is 85.9 cm³/mol. The highest BCUT2D eigenvalue weighted by molar-refractivity contribution is 5.47. The van der Waals surface area contributed by atoms with Crippen LogP contribution >= 0.6 is 0 Å². The summed E-state index contributed by atoms with van der Waals surface area (Å²) in [4.78, 5) is 11.3. The topological polar surface area (TPSA) is 62.3 Å². The molecule has 0 bridgehead atoms. The van der Waals surface area contributed by atoms with E-state index in [9.17, 15) is 0 Å². The Kier molecular flexibility index (Phi) is 6.20. The summed E-state index contributed by atoms with van der Waals surface area (Å²) in [5, 5.41) is 6.79. The van der Waals surface area contributed by atoms with E-state index < -0.39 is 0 Å². The molecule has 2 N–H and O–H groups in total. The van der Waals surface area contributed by atoms with Gasteiger partial charge in [0, 0.05) is 38.3 Å². The van der Waals surface area contributed by atoms with Crippen LogP contribution in [0, 0.1) is 6.92 Å². The first-order chi connectivity index (χ1) is 10.2. The number of aromatic nitrogens is 2. The lowest BCUT2D eigenvalue weighted by Crippen LogP contribution is -2.39. The van der Waals surface area contributed by atoms with E-state index in [-0.39, 0.29) is 0 Å². The SMILES string of the molecule is CCC(C)Nc1cc(NCCN2CCOCC2)nc(C)n1. The van der Waals surface area contributed by atoms with Crippen molar-refractivity contribution in [3.05, 3.63) is 11.9 Å². The molecule has 6 heteroatoms. The van der Waals surface area contributed by atoms with E-state index in [1.807, 2.05) is 13.0 Å². The molecule has 1 atom stereocenters. The minimum Gasteiger partial charge on any atom is -0.379 e. The van der Waals surface area contributed by atoms with Gasteiger partial charge >= 0.3 is 0 Å². The third-order valence-corrected chi connectivity index (χ3v) is 3.68. The number of anilines is 2. The molecule has 1 aromatic rings. The van der Waals surface area contributed by atoms with Crippen molar-refractivity contribution in [2.24, 2.45) is 0 Å². The van der Waals surface area contributed by atoms with Crippen LogP contribution in [0.15, 0.2) is 6.07 Å². The lowest BCUT2D eigenvalue weighted by atomic mass is 10.2. The fraction of sp³-hybridized carbons (Fsp3) is 0.733. The second-order valence-corrected chi connectivity index (χ2v) is 5.52. The van der Waals surface area contributed by atoms with Crippen LogP contribution in [0.5, 0.6) is 0 Å². The van der Waals surface area contributed by atoms with Crippen LogP contribution in [0.2, 0.25) is 0 Å². The largest absolute Gasteiger partial charge is 0.379 e. The van der Waals surface area contributed by atoms with Gasteiger partial charge in [-0.05, 0) is 20.3 Å². The Morgan fingerprint density at radius 1 is 1.29 bits per heavy atom. The molecule has 2 rings (SSSR count). The molecule has 0 spiro atoms. The summed E-state index contributed by atoms with van der Waals surface area (Å²) in [5.74, 6) is 2.57. The maximum atomic E-state index is 5.35. The van der Waals surface area contributed by atoms with E-state index >= 15 is 0 Å². The number of rotatable bonds is 7. The molecule has 1 aliphatic heterocycles. The van der Waals surface area contributed by atoms with Crippen molar-refractivity contribution in [2.75, 3.05) is 50.0 Å². The van der Waals surface area contributed by atoms with Crippen LogP contribution in [0.3, 0.4) is 0 Å². The molecule has 1 unspecified atom stereocenters. The first-order valence-electron chi connectivity index (χ1n) is 7.83. The zero-order valence-electron chi connectivity index (χ0n) is 13.4. The molecule has 0 radical (unpaired) electrons. The van der Waals surface area contributed by atoms with Crippen LogP contribution in [-0.4, -0.2) is 60.3 Å². The molecule has 0 saturated carbocycles. The summed E-state index contributed by atoms with van der Waals surface area (Å²) in [6.07, 6.45) is 1.07. The van der Waals surface area contributed by atoms with E-state index in [1.54, 1.807) is 0 Å². The lowest BCUT2D eigenvalue weighted by Gasteiger charge is -2.26. The van der Waals surface area contributed by atoms with Gasteiger partial charge in [-0.25, -0.2) is 9.97 Å². The minimum absolute atomic E-state index is 0.417. The van der Waals surface area contributed by atoms with Gasteiger partial charge < -0.3 is 15.4 Å². The highest BCUT2D eigenvalue weighted by Gasteiger charge is 2.10. The Balaban J connectivity index is 1.84. The van der Waals surface area contributed by atoms with Crippen LogP contribution in [0.25, 0.3) is 0 Å². The normalized spacial score (nSPS) is 17.5. The number of hydrogen-bond acceptors (Lipinski definition) is 6. The maximum absolute atomic E-state index is 5.35. The average Bonchev–Trinajstić information content (AvgIpc) is 2.47. The Labute approximate surface area is 127 Å². The highest BCUT2D eigenvalue weighted by Crippen LogP contribution is 2.12. The fourth-order valence-electron chi connectivity index (χ4n) is 2.25. The van der Waals surface area contributed by atoms with Crippen molar-refractivity contribution >= 4 is 11.6 Å². The Hall–Kier alpha value is -1.40. The third kappa shape index (κ3) is 5.47. The second-order valence-electron chi connectivity index (χ2n) is 5.52. The Morgan fingerprint density at radius 2 is 2.00 bits per heavy atom. The monoisotopic (exact) mass is 293 g/mol. The molecule has 1 aliphatic rings. The van der Waals surface area contributed by atoms with Gasteiger partial charge in [-0.15, -0.1) is 0 Å². The third-order valence-electron chi connectivity index (χ3n) is 3.68. The number of nitrogens with zero attached hydrogens (tertiary/aromatic N) is 3. The summed E-state index contributed by atoms with van der Waals surface area (Å²) >= 11 is 0. The molecule has 1 aromatic heterocycles. The number of morpholine rings is 1. The van der Waals surface area contributed by atoms with Crippen molar-refractivity contribution in [1.82, 2.24) is 14.9 Å². The van der Waals surface area contributed by atoms with E-state index in [4.69, 9.17) is 4.74 Å². The standard InChI is InChI=1S/C15H27N5O/c1-4-12(2)17-15-11-14(18-13(3)19-15)16-5-6-20-7-9-21-10-8-20/h11-12H,4-10H2,1-3H3,(H2,16,17,18,19). The number of aryl methyl sites for hydroxylation is 1. The first-order valence-corrected chi connectivity index (χ1v) is 7.83. The summed E-state index contributed by atoms with van der Waals surface area (Å²) in [5.41, 5.74) is 0. The molecule has 118 valence electrons. The van der Waals surface area contributed by atoms with Gasteiger partial charge in [0.1, 0.15) is 17.5 Å². The minimum atomic E-state index is 0.417. The Bertz CT molecular complexity index is 434. The predicted octanol–water partition coefficient (Wildman–Crippen LogP) is 1.74. The van der Waals surface area contributed by atoms with Gasteiger partial charge in [0.15, 0.2) is 0 Å². The smallest absolute Gasteiger partial charge is 0.132 e. The van der Waals surface area contributed by atoms with Gasteiger partial charge in [-0.1, -0.05) is 6.92 Å². The van der Waals surface area contributed by atoms with Gasteiger partial charge in [0.25, 0.3) is 0 Å². The van der Waals surface area contributed by atoms with Gasteiger partial charge in [-0.3, -0.25) is 4.90 Å². The lowest BCUT2D eigenvalue weighted by molar-refractivity contribution is 0.0398. The highest BCUT2D eigenvalue weighted by atomic mass is 16.5. The molecule has 1 fully saturated rings. The van der Waals surface area contributed by atoms with Crippen LogP contribution in [0.1, 0.15) is 26.1 Å². The first kappa shape index (κ1) is 16.0. The molecule has 0 aliphatic carbocycles. The summed E-state index contributed by atoms with van der Waals surface area (Å²) in [7, 11) is 0. The van der Waals surface area contributed by atoms with Crippen molar-refractivity contribution in [1.29, 1.82) is 0 Å². The molecule has 2 heterocycles. The van der Waals surface area contributed by atoms with Crippen LogP contribution in [0.4, 0.5) is 11.6 Å². The van der Waals surface area contributed by atoms with E-state index in [2.05, 4.69) is 39.3 Å². The number of hydrogen-bond donors (Lipinski definition) is 2. The average molecular weight is 293 g/mol. The number of nitrogens with one attached hydrogen (secondary N) is 2. The van der Waals surface area contributed by atoms with Gasteiger partial charge in [0.2, 0.25) is 0 Å². The zero-order chi connectivity index (χ0) is 15.1. The molecular weight excluding hydrogens is 266 g/mol. The quantitative estimate of drug-likeness (QED) is 0.798. The summed E-state index contributed by atoms with van der Waals surface area (Å²) in [6.45, 7) is 11.9. The van der Waals surface area contributed by atoms with E-state index in [0.29, 0.717) is 6.04 Å². The van der Waals surface area contributed by atoms with E-state index in [1.165, 1.54) is 0 Å². The maximum Gasteiger partial charge on any atom is 0.132 e. The molecular formula is C15H27N5O. The Morgan fingerprint density at radius 3 is 2.71 bits per heavy atom. The number of ether oxygens (including phenoxy) is 1. The van der Waals surface area contributed by atoms with Gasteiger partial charge in [0.05, 0.1) is 13.2 Å². The van der Waals surface area contributed by atoms with Crippen LogP contribution in [-0.2, 0) is 4.74 Å². The van der Waals surface area contributed by atoms with Crippen molar-refractivity contribution in [3.8, 4) is 0 Å². The van der Waals surface area contributed by atoms with Gasteiger partial charge in [-0.2, -0.15) is 0 Å².